The van der Waals surface area contributed by atoms with E-state index in [0.29, 0.717) is 11.8 Å². The number of hydrogen-bond donors (Lipinski definition) is 0. The summed E-state index contributed by atoms with van der Waals surface area (Å²) in [4.78, 5) is 24.4. The van der Waals surface area contributed by atoms with Gasteiger partial charge in [-0.25, -0.2) is 9.97 Å². The molecule has 2 aromatic rings. The monoisotopic (exact) mass is 303 g/mol. The van der Waals surface area contributed by atoms with Gasteiger partial charge in [0.2, 0.25) is 0 Å². The number of esters is 1. The molecular formula is C15H17N3O2S. The topological polar surface area (TPSA) is 65.0 Å². The van der Waals surface area contributed by atoms with Crippen molar-refractivity contribution in [1.82, 2.24) is 15.0 Å². The van der Waals surface area contributed by atoms with E-state index in [1.807, 2.05) is 18.2 Å². The molecule has 0 radical (unpaired) electrons. The number of carbonyl (C=O) groups excluding carboxylic acids is 1. The molecule has 0 aliphatic rings. The van der Waals surface area contributed by atoms with E-state index >= 15 is 0 Å². The fourth-order valence-electron chi connectivity index (χ4n) is 1.82. The molecule has 21 heavy (non-hydrogen) atoms. The van der Waals surface area contributed by atoms with Crippen molar-refractivity contribution in [3.63, 3.8) is 0 Å². The maximum absolute atomic E-state index is 11.4. The minimum Gasteiger partial charge on any atom is -0.465 e. The normalized spacial score (nSPS) is 10.4. The van der Waals surface area contributed by atoms with E-state index in [1.54, 1.807) is 19.3 Å². The average Bonchev–Trinajstić information content (AvgIpc) is 2.53. The van der Waals surface area contributed by atoms with E-state index in [0.717, 1.165) is 23.4 Å². The molecule has 0 saturated carbocycles. The lowest BCUT2D eigenvalue weighted by molar-refractivity contribution is -0.139. The summed E-state index contributed by atoms with van der Waals surface area (Å²) >= 11 is 1.27. The molecule has 0 aliphatic heterocycles. The first-order chi connectivity index (χ1) is 10.2. The summed E-state index contributed by atoms with van der Waals surface area (Å²) in [7, 11) is 0. The van der Waals surface area contributed by atoms with Crippen molar-refractivity contribution in [3.05, 3.63) is 36.2 Å². The lowest BCUT2D eigenvalue weighted by Gasteiger charge is -2.07. The third kappa shape index (κ3) is 4.26. The maximum Gasteiger partial charge on any atom is 0.316 e. The third-order valence-electron chi connectivity index (χ3n) is 2.77. The Morgan fingerprint density at radius 3 is 2.86 bits per heavy atom. The lowest BCUT2D eigenvalue weighted by atomic mass is 10.1. The number of aryl methyl sites for hydroxylation is 1. The number of ether oxygens (including phenoxy) is 1. The first-order valence-corrected chi connectivity index (χ1v) is 7.78. The van der Waals surface area contributed by atoms with Crippen LogP contribution in [0.1, 0.15) is 19.4 Å². The zero-order valence-corrected chi connectivity index (χ0v) is 12.9. The Kier molecular flexibility index (Phi) is 5.68. The maximum atomic E-state index is 11.4. The van der Waals surface area contributed by atoms with Crippen LogP contribution in [0.15, 0.2) is 35.7 Å². The second-order valence-electron chi connectivity index (χ2n) is 4.18. The van der Waals surface area contributed by atoms with E-state index in [-0.39, 0.29) is 11.7 Å². The zero-order valence-electron chi connectivity index (χ0n) is 12.1. The smallest absolute Gasteiger partial charge is 0.316 e. The highest BCUT2D eigenvalue weighted by Crippen LogP contribution is 2.22. The Bertz CT molecular complexity index is 619. The standard InChI is InChI=1S/C15H17N3O2S/c1-3-11-6-5-8-16-14(11)12-7-9-17-15(18-12)21-10-13(19)20-4-2/h5-9H,3-4,10H2,1-2H3. The van der Waals surface area contributed by atoms with E-state index in [1.165, 1.54) is 11.8 Å². The van der Waals surface area contributed by atoms with Gasteiger partial charge in [-0.2, -0.15) is 0 Å². The van der Waals surface area contributed by atoms with Crippen LogP contribution in [0, 0.1) is 0 Å². The summed E-state index contributed by atoms with van der Waals surface area (Å²) in [5.41, 5.74) is 2.77. The number of nitrogens with zero attached hydrogens (tertiary/aromatic N) is 3. The van der Waals surface area contributed by atoms with Crippen molar-refractivity contribution < 1.29 is 9.53 Å². The number of aromatic nitrogens is 3. The molecule has 0 N–H and O–H groups in total. The minimum absolute atomic E-state index is 0.208. The van der Waals surface area contributed by atoms with Gasteiger partial charge in [-0.1, -0.05) is 24.8 Å². The van der Waals surface area contributed by atoms with Gasteiger partial charge < -0.3 is 4.74 Å². The van der Waals surface area contributed by atoms with Crippen LogP contribution in [-0.2, 0) is 16.0 Å². The summed E-state index contributed by atoms with van der Waals surface area (Å²) in [6.07, 6.45) is 4.32. The summed E-state index contributed by atoms with van der Waals surface area (Å²) in [5.74, 6) is -0.0521. The van der Waals surface area contributed by atoms with Crippen molar-refractivity contribution in [2.24, 2.45) is 0 Å². The Morgan fingerprint density at radius 1 is 1.24 bits per heavy atom. The molecule has 0 aromatic carbocycles. The molecule has 0 aliphatic carbocycles. The molecule has 0 unspecified atom stereocenters. The molecule has 0 atom stereocenters. The SMILES string of the molecule is CCOC(=O)CSc1nccc(-c2ncccc2CC)n1. The van der Waals surface area contributed by atoms with Crippen molar-refractivity contribution in [2.75, 3.05) is 12.4 Å². The molecule has 110 valence electrons. The zero-order chi connectivity index (χ0) is 15.1. The first kappa shape index (κ1) is 15.4. The van der Waals surface area contributed by atoms with E-state index in [4.69, 9.17) is 4.74 Å². The second kappa shape index (κ2) is 7.73. The largest absolute Gasteiger partial charge is 0.465 e. The summed E-state index contributed by atoms with van der Waals surface area (Å²) in [5, 5.41) is 0.549. The average molecular weight is 303 g/mol. The molecule has 0 saturated heterocycles. The van der Waals surface area contributed by atoms with Crippen molar-refractivity contribution in [1.29, 1.82) is 0 Å². The van der Waals surface area contributed by atoms with E-state index in [2.05, 4.69) is 21.9 Å². The first-order valence-electron chi connectivity index (χ1n) is 6.80. The number of thioether (sulfide) groups is 1. The van der Waals surface area contributed by atoms with Crippen LogP contribution in [0.25, 0.3) is 11.4 Å². The van der Waals surface area contributed by atoms with Crippen molar-refractivity contribution in [3.8, 4) is 11.4 Å². The number of rotatable bonds is 6. The van der Waals surface area contributed by atoms with Crippen LogP contribution in [-0.4, -0.2) is 33.3 Å². The van der Waals surface area contributed by atoms with Crippen LogP contribution in [0.3, 0.4) is 0 Å². The van der Waals surface area contributed by atoms with Crippen LogP contribution >= 0.6 is 11.8 Å². The predicted molar refractivity (Wildman–Crippen MR) is 82.0 cm³/mol. The van der Waals surface area contributed by atoms with Crippen molar-refractivity contribution >= 4 is 17.7 Å². The second-order valence-corrected chi connectivity index (χ2v) is 5.13. The summed E-state index contributed by atoms with van der Waals surface area (Å²) in [6.45, 7) is 4.25. The van der Waals surface area contributed by atoms with Gasteiger partial charge in [0.25, 0.3) is 0 Å². The fraction of sp³-hybridized carbons (Fsp3) is 0.333. The predicted octanol–water partition coefficient (Wildman–Crippen LogP) is 2.76. The molecule has 0 bridgehead atoms. The number of pyridine rings is 1. The fourth-order valence-corrected chi connectivity index (χ4v) is 2.45. The van der Waals surface area contributed by atoms with Gasteiger partial charge in [-0.05, 0) is 31.0 Å². The molecule has 0 fully saturated rings. The van der Waals surface area contributed by atoms with Gasteiger partial charge in [-0.15, -0.1) is 0 Å². The Hall–Kier alpha value is -1.95. The Labute approximate surface area is 128 Å². The van der Waals surface area contributed by atoms with Gasteiger partial charge in [0.05, 0.1) is 23.7 Å². The molecule has 6 heteroatoms. The summed E-state index contributed by atoms with van der Waals surface area (Å²) < 4.78 is 4.89. The van der Waals surface area contributed by atoms with Crippen LogP contribution in [0.2, 0.25) is 0 Å². The molecule has 0 spiro atoms. The van der Waals surface area contributed by atoms with Crippen LogP contribution in [0.4, 0.5) is 0 Å². The van der Waals surface area contributed by atoms with Gasteiger partial charge in [-0.3, -0.25) is 9.78 Å². The third-order valence-corrected chi connectivity index (χ3v) is 3.61. The lowest BCUT2D eigenvalue weighted by Crippen LogP contribution is -2.07. The molecule has 0 amide bonds. The molecule has 5 nitrogen and oxygen atoms in total. The van der Waals surface area contributed by atoms with Gasteiger partial charge in [0.15, 0.2) is 5.16 Å². The Morgan fingerprint density at radius 2 is 2.10 bits per heavy atom. The van der Waals surface area contributed by atoms with Crippen LogP contribution in [0.5, 0.6) is 0 Å². The number of carbonyl (C=O) groups is 1. The highest BCUT2D eigenvalue weighted by atomic mass is 32.2. The van der Waals surface area contributed by atoms with E-state index in [9.17, 15) is 4.79 Å². The van der Waals surface area contributed by atoms with Gasteiger partial charge in [0, 0.05) is 12.4 Å². The molecule has 2 rings (SSSR count). The molecule has 2 heterocycles. The Balaban J connectivity index is 2.16. The highest BCUT2D eigenvalue weighted by molar-refractivity contribution is 7.99. The summed E-state index contributed by atoms with van der Waals surface area (Å²) in [6, 6.07) is 5.78. The number of hydrogen-bond acceptors (Lipinski definition) is 6. The minimum atomic E-state index is -0.261. The molecular weight excluding hydrogens is 286 g/mol. The van der Waals surface area contributed by atoms with Crippen molar-refractivity contribution in [2.45, 2.75) is 25.4 Å². The quantitative estimate of drug-likeness (QED) is 0.464. The van der Waals surface area contributed by atoms with E-state index < -0.39 is 0 Å². The van der Waals surface area contributed by atoms with Gasteiger partial charge >= 0.3 is 5.97 Å². The highest BCUT2D eigenvalue weighted by Gasteiger charge is 2.10. The molecule has 2 aromatic heterocycles. The van der Waals surface area contributed by atoms with Gasteiger partial charge in [0.1, 0.15) is 0 Å². The van der Waals surface area contributed by atoms with Crippen LogP contribution < -0.4 is 0 Å².